The molecule has 0 aliphatic carbocycles. The monoisotopic (exact) mass is 279 g/mol. The molecule has 2 N–H and O–H groups in total. The van der Waals surface area contributed by atoms with Crippen LogP contribution < -0.4 is 10.1 Å². The third-order valence-electron chi connectivity index (χ3n) is 3.84. The molecule has 1 rings (SSSR count). The summed E-state index contributed by atoms with van der Waals surface area (Å²) in [6.07, 6.45) is 5.44. The molecular weight excluding hydrogens is 250 g/mol. The molecule has 0 saturated carbocycles. The molecule has 0 fully saturated rings. The van der Waals surface area contributed by atoms with Gasteiger partial charge in [-0.05, 0) is 57.4 Å². The van der Waals surface area contributed by atoms with Crippen LogP contribution >= 0.6 is 0 Å². The molecule has 3 nitrogen and oxygen atoms in total. The van der Waals surface area contributed by atoms with Crippen LogP contribution in [0, 0.1) is 0 Å². The van der Waals surface area contributed by atoms with E-state index in [0.29, 0.717) is 6.61 Å². The third kappa shape index (κ3) is 5.93. The Bertz CT molecular complexity index is 358. The molecule has 0 radical (unpaired) electrons. The molecule has 1 atom stereocenters. The van der Waals surface area contributed by atoms with Crippen molar-refractivity contribution in [3.8, 4) is 5.75 Å². The second-order valence-corrected chi connectivity index (χ2v) is 5.67. The highest BCUT2D eigenvalue weighted by atomic mass is 16.5. The average Bonchev–Trinajstić information content (AvgIpc) is 2.50. The summed E-state index contributed by atoms with van der Waals surface area (Å²) in [6, 6.07) is 8.40. The highest BCUT2D eigenvalue weighted by Crippen LogP contribution is 2.16. The van der Waals surface area contributed by atoms with Gasteiger partial charge in [0.1, 0.15) is 5.75 Å². The van der Waals surface area contributed by atoms with Gasteiger partial charge in [-0.2, -0.15) is 0 Å². The largest absolute Gasteiger partial charge is 0.494 e. The minimum Gasteiger partial charge on any atom is -0.494 e. The van der Waals surface area contributed by atoms with E-state index in [-0.39, 0.29) is 12.1 Å². The smallest absolute Gasteiger partial charge is 0.119 e. The van der Waals surface area contributed by atoms with Crippen molar-refractivity contribution < 1.29 is 9.84 Å². The summed E-state index contributed by atoms with van der Waals surface area (Å²) in [5.74, 6) is 0.931. The summed E-state index contributed by atoms with van der Waals surface area (Å²) in [5.41, 5.74) is 1.18. The van der Waals surface area contributed by atoms with Crippen LogP contribution in [-0.2, 0) is 6.42 Å². The van der Waals surface area contributed by atoms with Gasteiger partial charge in [0.05, 0.1) is 13.2 Å². The van der Waals surface area contributed by atoms with Gasteiger partial charge in [0.15, 0.2) is 0 Å². The van der Waals surface area contributed by atoms with E-state index in [2.05, 4.69) is 24.4 Å². The Kier molecular flexibility index (Phi) is 7.63. The molecule has 0 heterocycles. The van der Waals surface area contributed by atoms with Gasteiger partial charge in [0.25, 0.3) is 0 Å². The third-order valence-corrected chi connectivity index (χ3v) is 3.84. The van der Waals surface area contributed by atoms with Crippen molar-refractivity contribution in [3.05, 3.63) is 29.8 Å². The van der Waals surface area contributed by atoms with Gasteiger partial charge in [-0.1, -0.05) is 25.5 Å². The second-order valence-electron chi connectivity index (χ2n) is 5.67. The molecule has 20 heavy (non-hydrogen) atoms. The van der Waals surface area contributed by atoms with Crippen LogP contribution in [0.4, 0.5) is 0 Å². The van der Waals surface area contributed by atoms with Crippen molar-refractivity contribution in [2.24, 2.45) is 0 Å². The Morgan fingerprint density at radius 1 is 1.20 bits per heavy atom. The summed E-state index contributed by atoms with van der Waals surface area (Å²) in [5, 5.41) is 12.4. The fourth-order valence-electron chi connectivity index (χ4n) is 2.07. The summed E-state index contributed by atoms with van der Waals surface area (Å²) >= 11 is 0. The zero-order valence-electron chi connectivity index (χ0n) is 13.1. The molecule has 0 aliphatic heterocycles. The molecule has 0 bridgehead atoms. The Morgan fingerprint density at radius 3 is 2.45 bits per heavy atom. The number of rotatable bonds is 10. The Morgan fingerprint density at radius 2 is 1.90 bits per heavy atom. The first-order valence-electron chi connectivity index (χ1n) is 7.65. The number of unbranched alkanes of at least 4 members (excludes halogenated alkanes) is 1. The molecule has 1 aromatic rings. The summed E-state index contributed by atoms with van der Waals surface area (Å²) in [4.78, 5) is 0. The van der Waals surface area contributed by atoms with Gasteiger partial charge in [0, 0.05) is 5.54 Å². The van der Waals surface area contributed by atoms with Crippen LogP contribution in [0.25, 0.3) is 0 Å². The Hall–Kier alpha value is -1.06. The number of aliphatic hydroxyl groups is 1. The number of likely N-dealkylation sites (N-methyl/N-ethyl adjacent to an activating group) is 1. The zero-order chi connectivity index (χ0) is 14.8. The molecule has 114 valence electrons. The van der Waals surface area contributed by atoms with Gasteiger partial charge in [-0.25, -0.2) is 0 Å². The molecule has 0 aliphatic rings. The van der Waals surface area contributed by atoms with E-state index >= 15 is 0 Å². The van der Waals surface area contributed by atoms with Gasteiger partial charge >= 0.3 is 0 Å². The van der Waals surface area contributed by atoms with E-state index in [9.17, 15) is 5.11 Å². The number of hydrogen-bond donors (Lipinski definition) is 2. The van der Waals surface area contributed by atoms with Gasteiger partial charge in [0.2, 0.25) is 0 Å². The standard InChI is InChI=1S/C17H29NO2/c1-4-5-7-15-8-10-16(11-9-15)20-13-6-12-17(2,14-19)18-3/h8-11,18-19H,4-7,12-14H2,1-3H3. The first kappa shape index (κ1) is 17.0. The number of aryl methyl sites for hydroxylation is 1. The van der Waals surface area contributed by atoms with Crippen LogP contribution in [0.1, 0.15) is 45.1 Å². The quantitative estimate of drug-likeness (QED) is 0.646. The SMILES string of the molecule is CCCCc1ccc(OCCCC(C)(CO)NC)cc1. The number of ether oxygens (including phenoxy) is 1. The molecule has 0 spiro atoms. The Labute approximate surface area is 123 Å². The molecule has 0 amide bonds. The lowest BCUT2D eigenvalue weighted by Gasteiger charge is -2.26. The average molecular weight is 279 g/mol. The van der Waals surface area contributed by atoms with E-state index in [1.165, 1.54) is 18.4 Å². The van der Waals surface area contributed by atoms with Crippen LogP contribution in [0.5, 0.6) is 5.75 Å². The first-order valence-corrected chi connectivity index (χ1v) is 7.65. The number of benzene rings is 1. The zero-order valence-corrected chi connectivity index (χ0v) is 13.1. The van der Waals surface area contributed by atoms with Crippen molar-refractivity contribution in [3.63, 3.8) is 0 Å². The number of hydrogen-bond acceptors (Lipinski definition) is 3. The van der Waals surface area contributed by atoms with Gasteiger partial charge in [-0.3, -0.25) is 0 Å². The molecule has 3 heteroatoms. The first-order chi connectivity index (χ1) is 9.63. The minimum atomic E-state index is -0.201. The lowest BCUT2D eigenvalue weighted by Crippen LogP contribution is -2.43. The lowest BCUT2D eigenvalue weighted by molar-refractivity contribution is 0.163. The normalized spacial score (nSPS) is 14.0. The van der Waals surface area contributed by atoms with Crippen molar-refractivity contribution in [2.45, 2.75) is 51.5 Å². The van der Waals surface area contributed by atoms with Crippen molar-refractivity contribution >= 4 is 0 Å². The number of nitrogens with one attached hydrogen (secondary N) is 1. The maximum absolute atomic E-state index is 9.30. The number of aliphatic hydroxyl groups excluding tert-OH is 1. The molecule has 1 aromatic carbocycles. The fourth-order valence-corrected chi connectivity index (χ4v) is 2.07. The highest BCUT2D eigenvalue weighted by Gasteiger charge is 2.19. The summed E-state index contributed by atoms with van der Waals surface area (Å²) in [7, 11) is 1.88. The van der Waals surface area contributed by atoms with Crippen molar-refractivity contribution in [2.75, 3.05) is 20.3 Å². The van der Waals surface area contributed by atoms with E-state index in [4.69, 9.17) is 4.74 Å². The topological polar surface area (TPSA) is 41.5 Å². The molecule has 0 saturated heterocycles. The summed E-state index contributed by atoms with van der Waals surface area (Å²) in [6.45, 7) is 5.07. The van der Waals surface area contributed by atoms with E-state index in [0.717, 1.165) is 25.0 Å². The van der Waals surface area contributed by atoms with Crippen LogP contribution in [-0.4, -0.2) is 30.9 Å². The van der Waals surface area contributed by atoms with Crippen molar-refractivity contribution in [1.29, 1.82) is 0 Å². The van der Waals surface area contributed by atoms with Crippen molar-refractivity contribution in [1.82, 2.24) is 5.32 Å². The van der Waals surface area contributed by atoms with Crippen LogP contribution in [0.2, 0.25) is 0 Å². The molecule has 1 unspecified atom stereocenters. The summed E-state index contributed by atoms with van der Waals surface area (Å²) < 4.78 is 5.74. The maximum Gasteiger partial charge on any atom is 0.119 e. The lowest BCUT2D eigenvalue weighted by atomic mass is 9.97. The predicted octanol–water partition coefficient (Wildman–Crippen LogP) is 3.16. The minimum absolute atomic E-state index is 0.148. The Balaban J connectivity index is 2.28. The fraction of sp³-hybridized carbons (Fsp3) is 0.647. The van der Waals surface area contributed by atoms with Crippen LogP contribution in [0.15, 0.2) is 24.3 Å². The molecule has 0 aromatic heterocycles. The van der Waals surface area contributed by atoms with E-state index in [1.807, 2.05) is 26.1 Å². The van der Waals surface area contributed by atoms with Crippen LogP contribution in [0.3, 0.4) is 0 Å². The van der Waals surface area contributed by atoms with E-state index in [1.54, 1.807) is 0 Å². The second kappa shape index (κ2) is 8.98. The van der Waals surface area contributed by atoms with E-state index < -0.39 is 0 Å². The van der Waals surface area contributed by atoms with Gasteiger partial charge < -0.3 is 15.2 Å². The highest BCUT2D eigenvalue weighted by molar-refractivity contribution is 5.27. The van der Waals surface area contributed by atoms with Gasteiger partial charge in [-0.15, -0.1) is 0 Å². The molecular formula is C17H29NO2. The predicted molar refractivity (Wildman–Crippen MR) is 84.3 cm³/mol. The maximum atomic E-state index is 9.30.